The summed E-state index contributed by atoms with van der Waals surface area (Å²) < 4.78 is 0. The van der Waals surface area contributed by atoms with Crippen molar-refractivity contribution in [2.75, 3.05) is 0 Å². The van der Waals surface area contributed by atoms with Crippen LogP contribution in [0, 0.1) is 28.6 Å². The van der Waals surface area contributed by atoms with Crippen molar-refractivity contribution in [2.24, 2.45) is 28.6 Å². The van der Waals surface area contributed by atoms with Crippen LogP contribution in [0.5, 0.6) is 0 Å². The summed E-state index contributed by atoms with van der Waals surface area (Å²) >= 11 is 0. The number of hydrogen-bond donors (Lipinski definition) is 1. The number of rotatable bonds is 1. The van der Waals surface area contributed by atoms with Gasteiger partial charge in [-0.2, -0.15) is 0 Å². The van der Waals surface area contributed by atoms with E-state index >= 15 is 0 Å². The van der Waals surface area contributed by atoms with E-state index in [1.54, 1.807) is 6.92 Å². The second-order valence-electron chi connectivity index (χ2n) is 9.53. The van der Waals surface area contributed by atoms with Gasteiger partial charge in [0.15, 0.2) is 5.78 Å². The molecule has 0 saturated heterocycles. The van der Waals surface area contributed by atoms with Crippen LogP contribution in [-0.2, 0) is 4.79 Å². The third-order valence-corrected chi connectivity index (χ3v) is 8.34. The van der Waals surface area contributed by atoms with Gasteiger partial charge in [-0.05, 0) is 93.0 Å². The average molecular weight is 328 g/mol. The van der Waals surface area contributed by atoms with Crippen molar-refractivity contribution in [1.29, 1.82) is 0 Å². The number of hydrogen-bond acceptors (Lipinski definition) is 2. The van der Waals surface area contributed by atoms with Gasteiger partial charge in [0.25, 0.3) is 0 Å². The highest BCUT2D eigenvalue weighted by atomic mass is 16.3. The first-order chi connectivity index (χ1) is 11.3. The van der Waals surface area contributed by atoms with Crippen LogP contribution in [0.25, 0.3) is 0 Å². The first-order valence-electron chi connectivity index (χ1n) is 9.86. The number of aliphatic hydroxyl groups excluding tert-OH is 1. The Morgan fingerprint density at radius 2 is 1.83 bits per heavy atom. The number of carbonyl (C=O) groups is 1. The average Bonchev–Trinajstić information content (AvgIpc) is 2.78. The zero-order valence-electron chi connectivity index (χ0n) is 15.7. The maximum Gasteiger partial charge on any atom is 0.156 e. The van der Waals surface area contributed by atoms with Gasteiger partial charge in [-0.15, -0.1) is 0 Å². The highest BCUT2D eigenvalue weighted by Gasteiger charge is 2.58. The Hall–Kier alpha value is -0.890. The van der Waals surface area contributed by atoms with Crippen molar-refractivity contribution in [1.82, 2.24) is 0 Å². The molecular weight excluding hydrogens is 296 g/mol. The van der Waals surface area contributed by atoms with Crippen molar-refractivity contribution in [3.63, 3.8) is 0 Å². The van der Waals surface area contributed by atoms with E-state index in [2.05, 4.69) is 26.8 Å². The van der Waals surface area contributed by atoms with Gasteiger partial charge in [0.05, 0.1) is 6.10 Å². The highest BCUT2D eigenvalue weighted by Crippen LogP contribution is 2.65. The van der Waals surface area contributed by atoms with E-state index in [-0.39, 0.29) is 16.9 Å². The molecule has 6 atom stereocenters. The first kappa shape index (κ1) is 16.6. The topological polar surface area (TPSA) is 37.3 Å². The van der Waals surface area contributed by atoms with Gasteiger partial charge in [-0.3, -0.25) is 4.79 Å². The van der Waals surface area contributed by atoms with Gasteiger partial charge in [0.1, 0.15) is 0 Å². The molecule has 0 aromatic carbocycles. The van der Waals surface area contributed by atoms with Crippen LogP contribution in [0.15, 0.2) is 22.8 Å². The van der Waals surface area contributed by atoms with Gasteiger partial charge in [-0.25, -0.2) is 0 Å². The van der Waals surface area contributed by atoms with Crippen LogP contribution in [-0.4, -0.2) is 17.0 Å². The lowest BCUT2D eigenvalue weighted by atomic mass is 9.47. The zero-order valence-corrected chi connectivity index (χ0v) is 15.7. The largest absolute Gasteiger partial charge is 0.393 e. The molecule has 0 aromatic rings. The minimum absolute atomic E-state index is 0.104. The third-order valence-electron chi connectivity index (χ3n) is 8.34. The fourth-order valence-electron chi connectivity index (χ4n) is 7.27. The van der Waals surface area contributed by atoms with E-state index in [0.29, 0.717) is 17.6 Å². The van der Waals surface area contributed by atoms with Crippen LogP contribution in [0.2, 0.25) is 0 Å². The second-order valence-corrected chi connectivity index (χ2v) is 9.53. The molecule has 0 amide bonds. The standard InChI is InChI=1S/C22H32O2/c1-13-11-19-17-6-5-15-12-16(24)7-9-21(15,3)18(17)8-10-22(19,4)20(13)14(2)23/h5,16-19,24H,6-12H2,1-4H3/t16-,17+,18-,19-,21-,22-/m0/s1. The van der Waals surface area contributed by atoms with Crippen LogP contribution < -0.4 is 0 Å². The molecule has 2 saturated carbocycles. The van der Waals surface area contributed by atoms with E-state index in [1.807, 2.05) is 0 Å². The van der Waals surface area contributed by atoms with Crippen LogP contribution in [0.4, 0.5) is 0 Å². The maximum atomic E-state index is 12.3. The normalized spacial score (nSPS) is 47.6. The Bertz CT molecular complexity index is 642. The van der Waals surface area contributed by atoms with Gasteiger partial charge >= 0.3 is 0 Å². The van der Waals surface area contributed by atoms with Gasteiger partial charge in [-0.1, -0.05) is 31.1 Å². The van der Waals surface area contributed by atoms with Gasteiger partial charge in [0.2, 0.25) is 0 Å². The quantitative estimate of drug-likeness (QED) is 0.700. The maximum absolute atomic E-state index is 12.3. The Morgan fingerprint density at radius 1 is 1.12 bits per heavy atom. The summed E-state index contributed by atoms with van der Waals surface area (Å²) in [4.78, 5) is 12.3. The molecule has 2 nitrogen and oxygen atoms in total. The monoisotopic (exact) mass is 328 g/mol. The van der Waals surface area contributed by atoms with Gasteiger partial charge in [0, 0.05) is 0 Å². The molecule has 1 N–H and O–H groups in total. The molecule has 132 valence electrons. The molecule has 0 heterocycles. The predicted octanol–water partition coefficient (Wildman–Crippen LogP) is 4.83. The minimum Gasteiger partial charge on any atom is -0.393 e. The molecule has 2 heteroatoms. The summed E-state index contributed by atoms with van der Waals surface area (Å²) in [6.07, 6.45) is 9.99. The molecule has 4 aliphatic rings. The third kappa shape index (κ3) is 2.08. The molecule has 0 radical (unpaired) electrons. The highest BCUT2D eigenvalue weighted by molar-refractivity contribution is 5.96. The summed E-state index contributed by atoms with van der Waals surface area (Å²) in [7, 11) is 0. The molecule has 4 aliphatic carbocycles. The number of ketones is 1. The molecular formula is C22H32O2. The summed E-state index contributed by atoms with van der Waals surface area (Å²) in [5.41, 5.74) is 4.43. The summed E-state index contributed by atoms with van der Waals surface area (Å²) in [6, 6.07) is 0. The Kier molecular flexibility index (Phi) is 3.66. The van der Waals surface area contributed by atoms with E-state index in [0.717, 1.165) is 50.0 Å². The summed E-state index contributed by atoms with van der Waals surface area (Å²) in [6.45, 7) is 8.79. The van der Waals surface area contributed by atoms with Gasteiger partial charge < -0.3 is 5.11 Å². The van der Waals surface area contributed by atoms with Crippen molar-refractivity contribution in [2.45, 2.75) is 78.7 Å². The second kappa shape index (κ2) is 5.30. The number of allylic oxidation sites excluding steroid dienone is 3. The fourth-order valence-corrected chi connectivity index (χ4v) is 7.27. The molecule has 2 fully saturated rings. The fraction of sp³-hybridized carbons (Fsp3) is 0.773. The summed E-state index contributed by atoms with van der Waals surface area (Å²) in [5, 5.41) is 10.1. The molecule has 24 heavy (non-hydrogen) atoms. The van der Waals surface area contributed by atoms with Crippen molar-refractivity contribution >= 4 is 5.78 Å². The molecule has 0 aromatic heterocycles. The van der Waals surface area contributed by atoms with Crippen molar-refractivity contribution in [3.05, 3.63) is 22.8 Å². The van der Waals surface area contributed by atoms with Crippen LogP contribution in [0.3, 0.4) is 0 Å². The van der Waals surface area contributed by atoms with E-state index < -0.39 is 0 Å². The van der Waals surface area contributed by atoms with Crippen molar-refractivity contribution in [3.8, 4) is 0 Å². The van der Waals surface area contributed by atoms with E-state index in [1.165, 1.54) is 17.6 Å². The molecule has 0 aliphatic heterocycles. The van der Waals surface area contributed by atoms with E-state index in [9.17, 15) is 9.90 Å². The number of carbonyl (C=O) groups excluding carboxylic acids is 1. The number of Topliss-reactive ketones (excluding diaryl/α,β-unsaturated/α-hetero) is 1. The lowest BCUT2D eigenvalue weighted by molar-refractivity contribution is -0.115. The molecule has 0 unspecified atom stereocenters. The molecule has 0 bridgehead atoms. The first-order valence-corrected chi connectivity index (χ1v) is 9.86. The smallest absolute Gasteiger partial charge is 0.156 e. The zero-order chi connectivity index (χ0) is 17.3. The van der Waals surface area contributed by atoms with E-state index in [4.69, 9.17) is 0 Å². The minimum atomic E-state index is -0.130. The lowest BCUT2D eigenvalue weighted by Crippen LogP contribution is -2.50. The molecule has 4 rings (SSSR count). The Morgan fingerprint density at radius 3 is 2.54 bits per heavy atom. The SMILES string of the molecule is CC(=O)C1=C(C)C[C@H]2[C@@H]3CC=C4C[C@@H](O)CC[C@]4(C)[C@H]3CC[C@]12C. The Balaban J connectivity index is 1.70. The summed E-state index contributed by atoms with van der Waals surface area (Å²) in [5.74, 6) is 2.38. The number of fused-ring (bicyclic) bond motifs is 5. The lowest BCUT2D eigenvalue weighted by Gasteiger charge is -2.57. The predicted molar refractivity (Wildman–Crippen MR) is 96.5 cm³/mol. The molecule has 0 spiro atoms. The number of aliphatic hydroxyl groups is 1. The van der Waals surface area contributed by atoms with Crippen LogP contribution >= 0.6 is 0 Å². The Labute approximate surface area is 146 Å². The van der Waals surface area contributed by atoms with Crippen molar-refractivity contribution < 1.29 is 9.90 Å². The van der Waals surface area contributed by atoms with Crippen LogP contribution in [0.1, 0.15) is 72.6 Å².